The summed E-state index contributed by atoms with van der Waals surface area (Å²) in [6.07, 6.45) is 4.08. The molecule has 0 saturated heterocycles. The van der Waals surface area contributed by atoms with Crippen molar-refractivity contribution >= 4 is 11.0 Å². The molecule has 2 heteroatoms. The fraction of sp³-hybridized carbons (Fsp3) is 0.263. The van der Waals surface area contributed by atoms with Crippen LogP contribution in [0.15, 0.2) is 65.3 Å². The third kappa shape index (κ3) is 3.53. The number of nitrogens with zero attached hydrogens (tertiary/aromatic N) is 1. The minimum atomic E-state index is 0.930. The second-order valence-electron chi connectivity index (χ2n) is 5.58. The molecule has 3 rings (SSSR count). The van der Waals surface area contributed by atoms with Gasteiger partial charge in [-0.2, -0.15) is 0 Å². The standard InChI is InChI=1S/C19H21NO/c1-20(13-6-9-16-7-3-2-4-8-16)15-18-11-5-10-17-12-14-21-19(17)18/h2-5,7-8,10-12,14H,6,9,13,15H2,1H3. The third-order valence-corrected chi connectivity index (χ3v) is 3.85. The van der Waals surface area contributed by atoms with Gasteiger partial charge in [-0.3, -0.25) is 0 Å². The molecule has 21 heavy (non-hydrogen) atoms. The number of benzene rings is 2. The largest absolute Gasteiger partial charge is 0.464 e. The van der Waals surface area contributed by atoms with E-state index in [-0.39, 0.29) is 0 Å². The Hall–Kier alpha value is -2.06. The van der Waals surface area contributed by atoms with Crippen LogP contribution in [0.1, 0.15) is 17.5 Å². The molecular formula is C19H21NO. The predicted molar refractivity (Wildman–Crippen MR) is 87.3 cm³/mol. The molecule has 3 aromatic rings. The van der Waals surface area contributed by atoms with E-state index in [1.54, 1.807) is 6.26 Å². The Kier molecular flexibility index (Phi) is 4.37. The van der Waals surface area contributed by atoms with E-state index in [9.17, 15) is 0 Å². The Bertz CT molecular complexity index is 687. The second kappa shape index (κ2) is 6.59. The first-order valence-electron chi connectivity index (χ1n) is 7.50. The molecular weight excluding hydrogens is 258 g/mol. The molecule has 0 spiro atoms. The molecule has 1 aromatic heterocycles. The molecule has 108 valence electrons. The number of hydrogen-bond donors (Lipinski definition) is 0. The Morgan fingerprint density at radius 2 is 1.81 bits per heavy atom. The summed E-state index contributed by atoms with van der Waals surface area (Å²) >= 11 is 0. The van der Waals surface area contributed by atoms with E-state index in [4.69, 9.17) is 4.42 Å². The zero-order valence-electron chi connectivity index (χ0n) is 12.5. The van der Waals surface area contributed by atoms with E-state index in [0.717, 1.165) is 25.1 Å². The van der Waals surface area contributed by atoms with E-state index >= 15 is 0 Å². The van der Waals surface area contributed by atoms with Crippen molar-refractivity contribution in [2.75, 3.05) is 13.6 Å². The lowest BCUT2D eigenvalue weighted by molar-refractivity contribution is 0.322. The third-order valence-electron chi connectivity index (χ3n) is 3.85. The van der Waals surface area contributed by atoms with Gasteiger partial charge in [0.2, 0.25) is 0 Å². The van der Waals surface area contributed by atoms with Gasteiger partial charge < -0.3 is 9.32 Å². The number of aryl methyl sites for hydroxylation is 1. The van der Waals surface area contributed by atoms with Crippen molar-refractivity contribution < 1.29 is 4.42 Å². The van der Waals surface area contributed by atoms with Crippen LogP contribution < -0.4 is 0 Å². The molecule has 0 bridgehead atoms. The highest BCUT2D eigenvalue weighted by atomic mass is 16.3. The maximum absolute atomic E-state index is 5.60. The minimum absolute atomic E-state index is 0.930. The van der Waals surface area contributed by atoms with Crippen molar-refractivity contribution in [2.24, 2.45) is 0 Å². The van der Waals surface area contributed by atoms with E-state index in [1.165, 1.54) is 22.9 Å². The number of furan rings is 1. The molecule has 0 N–H and O–H groups in total. The number of rotatable bonds is 6. The van der Waals surface area contributed by atoms with Gasteiger partial charge in [0.1, 0.15) is 5.58 Å². The van der Waals surface area contributed by atoms with Crippen LogP contribution in [-0.2, 0) is 13.0 Å². The van der Waals surface area contributed by atoms with E-state index in [1.807, 2.05) is 6.07 Å². The average Bonchev–Trinajstić information content (AvgIpc) is 2.98. The number of fused-ring (bicyclic) bond motifs is 1. The van der Waals surface area contributed by atoms with Gasteiger partial charge in [-0.05, 0) is 38.1 Å². The molecule has 0 saturated carbocycles. The Morgan fingerprint density at radius 3 is 2.67 bits per heavy atom. The van der Waals surface area contributed by atoms with Crippen LogP contribution in [0.2, 0.25) is 0 Å². The van der Waals surface area contributed by atoms with E-state index < -0.39 is 0 Å². The van der Waals surface area contributed by atoms with E-state index in [0.29, 0.717) is 0 Å². The molecule has 1 heterocycles. The summed E-state index contributed by atoms with van der Waals surface area (Å²) in [5.41, 5.74) is 3.70. The summed E-state index contributed by atoms with van der Waals surface area (Å²) in [6, 6.07) is 19.1. The fourth-order valence-electron chi connectivity index (χ4n) is 2.75. The van der Waals surface area contributed by atoms with Gasteiger partial charge in [-0.1, -0.05) is 48.5 Å². The van der Waals surface area contributed by atoms with Gasteiger partial charge in [0, 0.05) is 17.5 Å². The van der Waals surface area contributed by atoms with Crippen LogP contribution in [0.4, 0.5) is 0 Å². The maximum atomic E-state index is 5.60. The van der Waals surface area contributed by atoms with Gasteiger partial charge in [0.05, 0.1) is 6.26 Å². The molecule has 0 aliphatic rings. The van der Waals surface area contributed by atoms with Crippen molar-refractivity contribution in [2.45, 2.75) is 19.4 Å². The van der Waals surface area contributed by atoms with Gasteiger partial charge in [0.25, 0.3) is 0 Å². The highest BCUT2D eigenvalue weighted by Crippen LogP contribution is 2.20. The molecule has 0 radical (unpaired) electrons. The minimum Gasteiger partial charge on any atom is -0.464 e. The van der Waals surface area contributed by atoms with Crippen LogP contribution >= 0.6 is 0 Å². The van der Waals surface area contributed by atoms with Gasteiger partial charge in [0.15, 0.2) is 0 Å². The lowest BCUT2D eigenvalue weighted by Gasteiger charge is -2.16. The summed E-state index contributed by atoms with van der Waals surface area (Å²) in [7, 11) is 2.17. The first-order valence-corrected chi connectivity index (χ1v) is 7.50. The van der Waals surface area contributed by atoms with Crippen LogP contribution in [0.25, 0.3) is 11.0 Å². The molecule has 2 nitrogen and oxygen atoms in total. The molecule has 0 amide bonds. The SMILES string of the molecule is CN(CCCc1ccccc1)Cc1cccc2ccoc12. The van der Waals surface area contributed by atoms with Crippen molar-refractivity contribution in [3.8, 4) is 0 Å². The monoisotopic (exact) mass is 279 g/mol. The van der Waals surface area contributed by atoms with Crippen molar-refractivity contribution in [3.05, 3.63) is 72.0 Å². The maximum Gasteiger partial charge on any atom is 0.138 e. The Labute approximate surface area is 126 Å². The zero-order valence-corrected chi connectivity index (χ0v) is 12.5. The number of para-hydroxylation sites is 1. The zero-order chi connectivity index (χ0) is 14.5. The highest BCUT2D eigenvalue weighted by molar-refractivity contribution is 5.80. The van der Waals surface area contributed by atoms with Gasteiger partial charge >= 0.3 is 0 Å². The second-order valence-corrected chi connectivity index (χ2v) is 5.58. The molecule has 0 aliphatic carbocycles. The summed E-state index contributed by atoms with van der Waals surface area (Å²) in [4.78, 5) is 2.36. The summed E-state index contributed by atoms with van der Waals surface area (Å²) in [5, 5.41) is 1.19. The first kappa shape index (κ1) is 13.9. The highest BCUT2D eigenvalue weighted by Gasteiger charge is 2.06. The van der Waals surface area contributed by atoms with Gasteiger partial charge in [-0.25, -0.2) is 0 Å². The molecule has 0 aliphatic heterocycles. The van der Waals surface area contributed by atoms with Crippen LogP contribution in [0, 0.1) is 0 Å². The van der Waals surface area contributed by atoms with E-state index in [2.05, 4.69) is 60.5 Å². The summed E-state index contributed by atoms with van der Waals surface area (Å²) in [6.45, 7) is 2.02. The lowest BCUT2D eigenvalue weighted by Crippen LogP contribution is -2.19. The van der Waals surface area contributed by atoms with Crippen molar-refractivity contribution in [3.63, 3.8) is 0 Å². The molecule has 0 fully saturated rings. The van der Waals surface area contributed by atoms with Crippen LogP contribution in [0.3, 0.4) is 0 Å². The lowest BCUT2D eigenvalue weighted by atomic mass is 10.1. The topological polar surface area (TPSA) is 16.4 Å². The summed E-state index contributed by atoms with van der Waals surface area (Å²) in [5.74, 6) is 0. The quantitative estimate of drug-likeness (QED) is 0.660. The summed E-state index contributed by atoms with van der Waals surface area (Å²) < 4.78 is 5.60. The number of hydrogen-bond acceptors (Lipinski definition) is 2. The molecule has 0 atom stereocenters. The molecule has 2 aromatic carbocycles. The fourth-order valence-corrected chi connectivity index (χ4v) is 2.75. The Morgan fingerprint density at radius 1 is 0.952 bits per heavy atom. The normalized spacial score (nSPS) is 11.3. The predicted octanol–water partition coefficient (Wildman–Crippen LogP) is 4.50. The van der Waals surface area contributed by atoms with Gasteiger partial charge in [-0.15, -0.1) is 0 Å². The van der Waals surface area contributed by atoms with Crippen molar-refractivity contribution in [1.82, 2.24) is 4.90 Å². The smallest absolute Gasteiger partial charge is 0.138 e. The van der Waals surface area contributed by atoms with Crippen LogP contribution in [-0.4, -0.2) is 18.5 Å². The molecule has 0 unspecified atom stereocenters. The van der Waals surface area contributed by atoms with Crippen LogP contribution in [0.5, 0.6) is 0 Å². The first-order chi connectivity index (χ1) is 10.3. The Balaban J connectivity index is 1.54. The van der Waals surface area contributed by atoms with Crippen molar-refractivity contribution in [1.29, 1.82) is 0 Å². The average molecular weight is 279 g/mol.